The molecule has 0 radical (unpaired) electrons. The molecular weight excluding hydrogens is 242 g/mol. The van der Waals surface area contributed by atoms with Gasteiger partial charge in [-0.2, -0.15) is 0 Å². The van der Waals surface area contributed by atoms with Crippen LogP contribution in [-0.4, -0.2) is 12.6 Å². The van der Waals surface area contributed by atoms with Crippen molar-refractivity contribution < 1.29 is 0 Å². The van der Waals surface area contributed by atoms with Gasteiger partial charge in [-0.05, 0) is 68.5 Å². The van der Waals surface area contributed by atoms with Crippen molar-refractivity contribution >= 4 is 0 Å². The Morgan fingerprint density at radius 3 is 2.90 bits per heavy atom. The summed E-state index contributed by atoms with van der Waals surface area (Å²) < 4.78 is 0. The molecule has 0 aliphatic heterocycles. The van der Waals surface area contributed by atoms with Gasteiger partial charge in [0.2, 0.25) is 0 Å². The average molecular weight is 271 g/mol. The van der Waals surface area contributed by atoms with E-state index in [1.54, 1.807) is 11.1 Å². The first-order valence-electron chi connectivity index (χ1n) is 8.26. The summed E-state index contributed by atoms with van der Waals surface area (Å²) in [6, 6.07) is 9.67. The molecule has 1 aliphatic rings. The molecular formula is C19H29N. The Labute approximate surface area is 124 Å². The van der Waals surface area contributed by atoms with Crippen LogP contribution in [0, 0.1) is 5.92 Å². The van der Waals surface area contributed by atoms with Crippen molar-refractivity contribution in [2.45, 2.75) is 57.9 Å². The second-order valence-corrected chi connectivity index (χ2v) is 6.05. The van der Waals surface area contributed by atoms with Gasteiger partial charge in [0, 0.05) is 6.04 Å². The van der Waals surface area contributed by atoms with Crippen LogP contribution in [0.15, 0.2) is 36.9 Å². The second kappa shape index (κ2) is 8.26. The van der Waals surface area contributed by atoms with Crippen LogP contribution >= 0.6 is 0 Å². The monoisotopic (exact) mass is 271 g/mol. The molecule has 2 unspecified atom stereocenters. The van der Waals surface area contributed by atoms with E-state index < -0.39 is 0 Å². The lowest BCUT2D eigenvalue weighted by molar-refractivity contribution is 0.301. The van der Waals surface area contributed by atoms with Crippen LogP contribution in [0.25, 0.3) is 0 Å². The maximum Gasteiger partial charge on any atom is 0.00987 e. The van der Waals surface area contributed by atoms with Crippen LogP contribution in [0.3, 0.4) is 0 Å². The van der Waals surface area contributed by atoms with Crippen LogP contribution < -0.4 is 5.32 Å². The molecule has 0 saturated carbocycles. The summed E-state index contributed by atoms with van der Waals surface area (Å²) in [5.74, 6) is 0.807. The minimum absolute atomic E-state index is 0.684. The zero-order valence-corrected chi connectivity index (χ0v) is 12.9. The van der Waals surface area contributed by atoms with Crippen molar-refractivity contribution in [1.29, 1.82) is 0 Å². The summed E-state index contributed by atoms with van der Waals surface area (Å²) in [4.78, 5) is 0. The number of fused-ring (bicyclic) bond motifs is 1. The Morgan fingerprint density at radius 2 is 2.15 bits per heavy atom. The Kier molecular flexibility index (Phi) is 6.32. The molecule has 110 valence electrons. The van der Waals surface area contributed by atoms with Gasteiger partial charge in [-0.3, -0.25) is 0 Å². The molecule has 2 atom stereocenters. The summed E-state index contributed by atoms with van der Waals surface area (Å²) in [5, 5.41) is 3.79. The van der Waals surface area contributed by atoms with E-state index in [4.69, 9.17) is 0 Å². The highest BCUT2D eigenvalue weighted by Crippen LogP contribution is 2.29. The van der Waals surface area contributed by atoms with Gasteiger partial charge >= 0.3 is 0 Å². The summed E-state index contributed by atoms with van der Waals surface area (Å²) in [7, 11) is 0. The van der Waals surface area contributed by atoms with E-state index in [1.165, 1.54) is 38.5 Å². The van der Waals surface area contributed by atoms with Crippen LogP contribution in [0.2, 0.25) is 0 Å². The zero-order valence-electron chi connectivity index (χ0n) is 12.9. The quantitative estimate of drug-likeness (QED) is 0.541. The van der Waals surface area contributed by atoms with E-state index in [9.17, 15) is 0 Å². The lowest BCUT2D eigenvalue weighted by Crippen LogP contribution is -2.39. The molecule has 20 heavy (non-hydrogen) atoms. The summed E-state index contributed by atoms with van der Waals surface area (Å²) >= 11 is 0. The third-order valence-corrected chi connectivity index (χ3v) is 4.53. The number of unbranched alkanes of at least 4 members (excludes halogenated alkanes) is 1. The number of benzene rings is 1. The smallest absolute Gasteiger partial charge is 0.00987 e. The van der Waals surface area contributed by atoms with Gasteiger partial charge in [0.1, 0.15) is 0 Å². The van der Waals surface area contributed by atoms with Gasteiger partial charge in [-0.1, -0.05) is 37.3 Å². The van der Waals surface area contributed by atoms with Crippen molar-refractivity contribution in [3.05, 3.63) is 48.0 Å². The fourth-order valence-corrected chi connectivity index (χ4v) is 3.39. The van der Waals surface area contributed by atoms with E-state index >= 15 is 0 Å². The minimum Gasteiger partial charge on any atom is -0.314 e. The molecule has 1 nitrogen and oxygen atoms in total. The van der Waals surface area contributed by atoms with Crippen molar-refractivity contribution in [2.24, 2.45) is 5.92 Å². The maximum atomic E-state index is 3.84. The highest BCUT2D eigenvalue weighted by molar-refractivity contribution is 5.30. The molecule has 1 aromatic carbocycles. The highest BCUT2D eigenvalue weighted by Gasteiger charge is 2.25. The van der Waals surface area contributed by atoms with Crippen molar-refractivity contribution in [2.75, 3.05) is 6.54 Å². The Morgan fingerprint density at radius 1 is 1.35 bits per heavy atom. The largest absolute Gasteiger partial charge is 0.314 e. The number of allylic oxidation sites excluding steroid dienone is 1. The highest BCUT2D eigenvalue weighted by atomic mass is 14.9. The molecule has 0 fully saturated rings. The topological polar surface area (TPSA) is 12.0 Å². The maximum absolute atomic E-state index is 3.84. The molecule has 1 aliphatic carbocycles. The first-order valence-corrected chi connectivity index (χ1v) is 8.26. The van der Waals surface area contributed by atoms with Gasteiger partial charge in [0.15, 0.2) is 0 Å². The lowest BCUT2D eigenvalue weighted by Gasteiger charge is -2.32. The first kappa shape index (κ1) is 15.3. The third kappa shape index (κ3) is 4.21. The first-order chi connectivity index (χ1) is 9.85. The van der Waals surface area contributed by atoms with Crippen molar-refractivity contribution in [1.82, 2.24) is 5.32 Å². The van der Waals surface area contributed by atoms with E-state index in [1.807, 2.05) is 6.08 Å². The molecule has 2 rings (SSSR count). The Hall–Kier alpha value is -1.08. The van der Waals surface area contributed by atoms with Crippen LogP contribution in [0.1, 0.15) is 50.2 Å². The molecule has 0 amide bonds. The molecule has 1 heteroatoms. The van der Waals surface area contributed by atoms with Crippen molar-refractivity contribution in [3.8, 4) is 0 Å². The van der Waals surface area contributed by atoms with E-state index in [2.05, 4.69) is 43.1 Å². The SMILES string of the molecule is C=CCCCC(NCCC)C1CCc2ccccc2C1. The standard InChI is InChI=1S/C19H29N/c1-3-5-6-11-19(20-14-4-2)18-13-12-16-9-7-8-10-17(16)15-18/h3,7-10,18-20H,1,4-6,11-15H2,2H3. The third-order valence-electron chi connectivity index (χ3n) is 4.53. The average Bonchev–Trinajstić information content (AvgIpc) is 2.50. The van der Waals surface area contributed by atoms with Gasteiger partial charge in [0.05, 0.1) is 0 Å². The Balaban J connectivity index is 1.96. The van der Waals surface area contributed by atoms with Gasteiger partial charge in [-0.15, -0.1) is 6.58 Å². The molecule has 0 spiro atoms. The molecule has 0 bridgehead atoms. The predicted octanol–water partition coefficient (Wildman–Crippen LogP) is 4.52. The van der Waals surface area contributed by atoms with Crippen molar-refractivity contribution in [3.63, 3.8) is 0 Å². The summed E-state index contributed by atoms with van der Waals surface area (Å²) in [6.07, 6.45) is 10.8. The summed E-state index contributed by atoms with van der Waals surface area (Å²) in [5.41, 5.74) is 3.15. The molecule has 1 aromatic rings. The predicted molar refractivity (Wildman–Crippen MR) is 88.1 cm³/mol. The summed E-state index contributed by atoms with van der Waals surface area (Å²) in [6.45, 7) is 7.25. The minimum atomic E-state index is 0.684. The molecule has 0 heterocycles. The molecule has 0 saturated heterocycles. The molecule has 0 aromatic heterocycles. The van der Waals surface area contributed by atoms with Crippen LogP contribution in [0.4, 0.5) is 0 Å². The van der Waals surface area contributed by atoms with Gasteiger partial charge in [-0.25, -0.2) is 0 Å². The van der Waals surface area contributed by atoms with Gasteiger partial charge in [0.25, 0.3) is 0 Å². The fourth-order valence-electron chi connectivity index (χ4n) is 3.39. The fraction of sp³-hybridized carbons (Fsp3) is 0.579. The number of aryl methyl sites for hydroxylation is 1. The van der Waals surface area contributed by atoms with Crippen LogP contribution in [0.5, 0.6) is 0 Å². The van der Waals surface area contributed by atoms with Crippen LogP contribution in [-0.2, 0) is 12.8 Å². The number of hydrogen-bond donors (Lipinski definition) is 1. The van der Waals surface area contributed by atoms with E-state index in [0.717, 1.165) is 18.9 Å². The number of rotatable bonds is 8. The normalized spacial score (nSPS) is 19.4. The van der Waals surface area contributed by atoms with E-state index in [0.29, 0.717) is 6.04 Å². The van der Waals surface area contributed by atoms with E-state index in [-0.39, 0.29) is 0 Å². The zero-order chi connectivity index (χ0) is 14.2. The lowest BCUT2D eigenvalue weighted by atomic mass is 9.78. The number of hydrogen-bond acceptors (Lipinski definition) is 1. The molecule has 1 N–H and O–H groups in total. The van der Waals surface area contributed by atoms with Gasteiger partial charge < -0.3 is 5.32 Å². The second-order valence-electron chi connectivity index (χ2n) is 6.05. The Bertz CT molecular complexity index is 410. The number of nitrogens with one attached hydrogen (secondary N) is 1.